The third-order valence-corrected chi connectivity index (χ3v) is 5.49. The van der Waals surface area contributed by atoms with E-state index in [1.807, 2.05) is 76.6 Å². The summed E-state index contributed by atoms with van der Waals surface area (Å²) in [5, 5.41) is 14.5. The smallest absolute Gasteiger partial charge is 0.226 e. The number of imidazole rings is 1. The quantitative estimate of drug-likeness (QED) is 0.508. The molecule has 0 aliphatic heterocycles. The zero-order chi connectivity index (χ0) is 19.3. The number of nitrogens with zero attached hydrogens (tertiary/aromatic N) is 2. The first-order chi connectivity index (χ1) is 13.7. The molecular weight excluding hydrogens is 370 g/mol. The molecule has 1 atom stereocenters. The van der Waals surface area contributed by atoms with Gasteiger partial charge in [0.2, 0.25) is 5.91 Å². The number of carbonyl (C=O) groups excluding carboxylic acids is 1. The molecule has 0 aliphatic carbocycles. The summed E-state index contributed by atoms with van der Waals surface area (Å²) >= 11 is 1.52. The number of fused-ring (bicyclic) bond motifs is 1. The average Bonchev–Trinajstić information content (AvgIpc) is 3.31. The van der Waals surface area contributed by atoms with Crippen LogP contribution in [0.1, 0.15) is 11.3 Å². The molecule has 1 unspecified atom stereocenters. The molecule has 0 fully saturated rings. The minimum atomic E-state index is -0.299. The molecule has 2 heterocycles. The number of nitrogens with one attached hydrogen (secondary N) is 1. The van der Waals surface area contributed by atoms with Crippen LogP contribution in [0.5, 0.6) is 0 Å². The lowest BCUT2D eigenvalue weighted by Crippen LogP contribution is -2.40. The molecule has 142 valence electrons. The van der Waals surface area contributed by atoms with E-state index in [4.69, 9.17) is 0 Å². The van der Waals surface area contributed by atoms with E-state index in [1.165, 1.54) is 11.3 Å². The molecule has 1 amide bonds. The van der Waals surface area contributed by atoms with Crippen molar-refractivity contribution in [2.45, 2.75) is 18.9 Å². The van der Waals surface area contributed by atoms with E-state index in [9.17, 15) is 9.90 Å². The Morgan fingerprint density at radius 3 is 2.54 bits per heavy atom. The molecule has 2 N–H and O–H groups in total. The Bertz CT molecular complexity index is 1060. The predicted octanol–water partition coefficient (Wildman–Crippen LogP) is 3.33. The van der Waals surface area contributed by atoms with Crippen LogP contribution in [0.3, 0.4) is 0 Å². The molecule has 5 nitrogen and oxygen atoms in total. The van der Waals surface area contributed by atoms with E-state index in [0.717, 1.165) is 27.5 Å². The lowest BCUT2D eigenvalue weighted by atomic mass is 10.1. The van der Waals surface area contributed by atoms with Crippen molar-refractivity contribution in [2.24, 2.45) is 0 Å². The highest BCUT2D eigenvalue weighted by Gasteiger charge is 2.16. The van der Waals surface area contributed by atoms with E-state index in [-0.39, 0.29) is 25.0 Å². The van der Waals surface area contributed by atoms with Crippen molar-refractivity contribution >= 4 is 22.2 Å². The standard InChI is InChI=1S/C22H21N3O2S/c26-14-18(11-16-7-3-1-4-8-16)23-21(27)12-19-15-28-22-24-20(13-25(19)22)17-9-5-2-6-10-17/h1-10,13,15,18,26H,11-12,14H2,(H,23,27). The van der Waals surface area contributed by atoms with Crippen molar-refractivity contribution in [3.63, 3.8) is 0 Å². The first-order valence-corrected chi connectivity index (χ1v) is 10.1. The zero-order valence-corrected chi connectivity index (χ0v) is 16.1. The minimum absolute atomic E-state index is 0.0943. The Morgan fingerprint density at radius 2 is 1.82 bits per heavy atom. The van der Waals surface area contributed by atoms with Crippen LogP contribution < -0.4 is 5.32 Å². The molecule has 4 aromatic rings. The zero-order valence-electron chi connectivity index (χ0n) is 15.3. The highest BCUT2D eigenvalue weighted by molar-refractivity contribution is 7.15. The van der Waals surface area contributed by atoms with Crippen molar-refractivity contribution in [1.82, 2.24) is 14.7 Å². The average molecular weight is 391 g/mol. The highest BCUT2D eigenvalue weighted by Crippen LogP contribution is 2.23. The van der Waals surface area contributed by atoms with E-state index in [2.05, 4.69) is 10.3 Å². The Kier molecular flexibility index (Phi) is 5.50. The van der Waals surface area contributed by atoms with Gasteiger partial charge in [0, 0.05) is 22.8 Å². The van der Waals surface area contributed by atoms with Gasteiger partial charge in [-0.2, -0.15) is 0 Å². The summed E-state index contributed by atoms with van der Waals surface area (Å²) in [5.41, 5.74) is 3.92. The fourth-order valence-corrected chi connectivity index (χ4v) is 4.08. The van der Waals surface area contributed by atoms with Gasteiger partial charge in [0.15, 0.2) is 4.96 Å². The summed E-state index contributed by atoms with van der Waals surface area (Å²) in [7, 11) is 0. The van der Waals surface area contributed by atoms with Crippen molar-refractivity contribution in [3.8, 4) is 11.3 Å². The van der Waals surface area contributed by atoms with Gasteiger partial charge in [-0.1, -0.05) is 60.7 Å². The Morgan fingerprint density at radius 1 is 1.11 bits per heavy atom. The van der Waals surface area contributed by atoms with E-state index < -0.39 is 0 Å². The third-order valence-electron chi connectivity index (χ3n) is 4.61. The van der Waals surface area contributed by atoms with Crippen molar-refractivity contribution in [3.05, 3.63) is 83.5 Å². The molecule has 4 rings (SSSR count). The molecular formula is C22H21N3O2S. The van der Waals surface area contributed by atoms with Gasteiger partial charge in [-0.05, 0) is 12.0 Å². The highest BCUT2D eigenvalue weighted by atomic mass is 32.1. The minimum Gasteiger partial charge on any atom is -0.394 e. The van der Waals surface area contributed by atoms with Crippen molar-refractivity contribution < 1.29 is 9.90 Å². The first kappa shape index (κ1) is 18.4. The number of aliphatic hydroxyl groups excluding tert-OH is 1. The summed E-state index contributed by atoms with van der Waals surface area (Å²) in [5.74, 6) is -0.107. The largest absolute Gasteiger partial charge is 0.394 e. The van der Waals surface area contributed by atoms with Gasteiger partial charge in [-0.25, -0.2) is 4.98 Å². The molecule has 0 saturated carbocycles. The Balaban J connectivity index is 1.45. The van der Waals surface area contributed by atoms with E-state index >= 15 is 0 Å². The maximum atomic E-state index is 12.5. The molecule has 0 saturated heterocycles. The summed E-state index contributed by atoms with van der Waals surface area (Å²) in [6.07, 6.45) is 2.82. The van der Waals surface area contributed by atoms with Gasteiger partial charge in [0.05, 0.1) is 24.8 Å². The monoisotopic (exact) mass is 391 g/mol. The number of aliphatic hydroxyl groups is 1. The molecule has 0 aliphatic rings. The van der Waals surface area contributed by atoms with Gasteiger partial charge >= 0.3 is 0 Å². The SMILES string of the molecule is O=C(Cc1csc2nc(-c3ccccc3)cn12)NC(CO)Cc1ccccc1. The Hall–Kier alpha value is -2.96. The lowest BCUT2D eigenvalue weighted by Gasteiger charge is -2.16. The first-order valence-electron chi connectivity index (χ1n) is 9.18. The summed E-state index contributed by atoms with van der Waals surface area (Å²) in [6, 6.07) is 19.5. The normalized spacial score (nSPS) is 12.2. The van der Waals surface area contributed by atoms with Crippen LogP contribution in [-0.4, -0.2) is 33.0 Å². The van der Waals surface area contributed by atoms with Gasteiger partial charge in [0.1, 0.15) is 0 Å². The van der Waals surface area contributed by atoms with Crippen LogP contribution in [0.2, 0.25) is 0 Å². The second-order valence-corrected chi connectivity index (χ2v) is 7.52. The number of thiazole rings is 1. The summed E-state index contributed by atoms with van der Waals surface area (Å²) in [4.78, 5) is 18.1. The second-order valence-electron chi connectivity index (χ2n) is 6.69. The maximum absolute atomic E-state index is 12.5. The number of hydrogen-bond donors (Lipinski definition) is 2. The number of aromatic nitrogens is 2. The van der Waals surface area contributed by atoms with Crippen LogP contribution in [0, 0.1) is 0 Å². The van der Waals surface area contributed by atoms with Crippen LogP contribution in [-0.2, 0) is 17.6 Å². The number of carbonyl (C=O) groups is 1. The second kappa shape index (κ2) is 8.37. The van der Waals surface area contributed by atoms with Crippen LogP contribution in [0.15, 0.2) is 72.2 Å². The molecule has 2 aromatic carbocycles. The Labute approximate surface area is 167 Å². The maximum Gasteiger partial charge on any atom is 0.226 e. The third kappa shape index (κ3) is 4.13. The molecule has 0 radical (unpaired) electrons. The number of amides is 1. The van der Waals surface area contributed by atoms with E-state index in [1.54, 1.807) is 0 Å². The fraction of sp³-hybridized carbons (Fsp3) is 0.182. The number of rotatable bonds is 7. The lowest BCUT2D eigenvalue weighted by molar-refractivity contribution is -0.121. The van der Waals surface area contributed by atoms with Gasteiger partial charge in [-0.15, -0.1) is 11.3 Å². The predicted molar refractivity (Wildman–Crippen MR) is 111 cm³/mol. The van der Waals surface area contributed by atoms with E-state index in [0.29, 0.717) is 6.42 Å². The number of hydrogen-bond acceptors (Lipinski definition) is 4. The molecule has 0 bridgehead atoms. The molecule has 28 heavy (non-hydrogen) atoms. The van der Waals surface area contributed by atoms with Gasteiger partial charge in [0.25, 0.3) is 0 Å². The fourth-order valence-electron chi connectivity index (χ4n) is 3.21. The van der Waals surface area contributed by atoms with Crippen molar-refractivity contribution in [1.29, 1.82) is 0 Å². The summed E-state index contributed by atoms with van der Waals surface area (Å²) in [6.45, 7) is -0.0943. The molecule has 6 heteroatoms. The van der Waals surface area contributed by atoms with Crippen LogP contribution >= 0.6 is 11.3 Å². The summed E-state index contributed by atoms with van der Waals surface area (Å²) < 4.78 is 1.97. The van der Waals surface area contributed by atoms with Gasteiger partial charge < -0.3 is 10.4 Å². The molecule has 0 spiro atoms. The van der Waals surface area contributed by atoms with Crippen LogP contribution in [0.4, 0.5) is 0 Å². The number of benzene rings is 2. The van der Waals surface area contributed by atoms with Crippen LogP contribution in [0.25, 0.3) is 16.2 Å². The topological polar surface area (TPSA) is 66.6 Å². The van der Waals surface area contributed by atoms with Gasteiger partial charge in [-0.3, -0.25) is 9.20 Å². The van der Waals surface area contributed by atoms with Crippen molar-refractivity contribution in [2.75, 3.05) is 6.61 Å². The molecule has 2 aromatic heterocycles.